The van der Waals surface area contributed by atoms with Crippen LogP contribution in [0.1, 0.15) is 0 Å². The molecule has 152 valence electrons. The first kappa shape index (κ1) is 21.8. The summed E-state index contributed by atoms with van der Waals surface area (Å²) in [6.07, 6.45) is 0. The monoisotopic (exact) mass is 418 g/mol. The molecule has 0 aliphatic carbocycles. The third-order valence-corrected chi connectivity index (χ3v) is 6.90. The summed E-state index contributed by atoms with van der Waals surface area (Å²) in [5.41, 5.74) is 0. The lowest BCUT2D eigenvalue weighted by molar-refractivity contribution is 0.281. The summed E-state index contributed by atoms with van der Waals surface area (Å²) < 4.78 is 44.7. The van der Waals surface area contributed by atoms with E-state index >= 15 is 0 Å². The van der Waals surface area contributed by atoms with E-state index in [-0.39, 0.29) is 11.6 Å². The number of rotatable bonds is 8. The Hall–Kier alpha value is -1.52. The number of thioether (sulfide) groups is 1. The predicted molar refractivity (Wildman–Crippen MR) is 109 cm³/mol. The van der Waals surface area contributed by atoms with Gasteiger partial charge >= 0.3 is 0 Å². The van der Waals surface area contributed by atoms with Gasteiger partial charge in [0.15, 0.2) is 5.96 Å². The quantitative estimate of drug-likeness (QED) is 0.503. The highest BCUT2D eigenvalue weighted by Crippen LogP contribution is 2.13. The molecule has 1 aliphatic rings. The summed E-state index contributed by atoms with van der Waals surface area (Å²) in [5, 5.41) is 3.08. The van der Waals surface area contributed by atoms with Gasteiger partial charge in [-0.1, -0.05) is 0 Å². The maximum absolute atomic E-state index is 12.9. The smallest absolute Gasteiger partial charge is 0.215 e. The maximum Gasteiger partial charge on any atom is 0.215 e. The Morgan fingerprint density at radius 1 is 1.33 bits per heavy atom. The first-order valence-corrected chi connectivity index (χ1v) is 11.5. The minimum atomic E-state index is -3.24. The maximum atomic E-state index is 12.9. The number of nitrogens with one attached hydrogen (secondary N) is 1. The van der Waals surface area contributed by atoms with Gasteiger partial charge in [0.25, 0.3) is 0 Å². The van der Waals surface area contributed by atoms with Crippen LogP contribution in [-0.2, 0) is 10.0 Å². The molecule has 1 aliphatic heterocycles. The van der Waals surface area contributed by atoms with Gasteiger partial charge in [-0.15, -0.1) is 0 Å². The standard InChI is InChI=1S/C17H27FN4O3S2/c1-19-17(20-7-14-27(23,24)22-9-12-26-13-10-22)21(2)8-11-25-16-5-3-15(18)4-6-16/h3-6H,7-14H2,1-2H3,(H,19,20). The van der Waals surface area contributed by atoms with Crippen LogP contribution >= 0.6 is 11.8 Å². The molecule has 1 aromatic rings. The van der Waals surface area contributed by atoms with Crippen LogP contribution in [0.3, 0.4) is 0 Å². The molecule has 7 nitrogen and oxygen atoms in total. The summed E-state index contributed by atoms with van der Waals surface area (Å²) in [7, 11) is 0.255. The molecule has 1 fully saturated rings. The molecule has 27 heavy (non-hydrogen) atoms. The van der Waals surface area contributed by atoms with Gasteiger partial charge in [0.1, 0.15) is 18.2 Å². The molecule has 0 atom stereocenters. The third-order valence-electron chi connectivity index (χ3n) is 4.09. The lowest BCUT2D eigenvalue weighted by atomic mass is 10.3. The zero-order valence-electron chi connectivity index (χ0n) is 15.7. The minimum Gasteiger partial charge on any atom is -0.492 e. The second kappa shape index (κ2) is 10.7. The average Bonchev–Trinajstić information content (AvgIpc) is 2.67. The lowest BCUT2D eigenvalue weighted by Crippen LogP contribution is -2.45. The fourth-order valence-electron chi connectivity index (χ4n) is 2.57. The van der Waals surface area contributed by atoms with E-state index in [2.05, 4.69) is 10.3 Å². The number of hydrogen-bond donors (Lipinski definition) is 1. The number of likely N-dealkylation sites (N-methyl/N-ethyl adjacent to an activating group) is 1. The SMILES string of the molecule is CN=C(NCCS(=O)(=O)N1CCSCC1)N(C)CCOc1ccc(F)cc1. The van der Waals surface area contributed by atoms with Crippen molar-refractivity contribution in [2.24, 2.45) is 4.99 Å². The number of guanidine groups is 1. The number of benzene rings is 1. The first-order chi connectivity index (χ1) is 12.9. The van der Waals surface area contributed by atoms with E-state index in [0.717, 1.165) is 11.5 Å². The van der Waals surface area contributed by atoms with E-state index in [0.29, 0.717) is 44.5 Å². The highest BCUT2D eigenvalue weighted by atomic mass is 32.2. The zero-order chi connectivity index (χ0) is 19.7. The molecule has 0 radical (unpaired) electrons. The summed E-state index contributed by atoms with van der Waals surface area (Å²) >= 11 is 1.78. The number of hydrogen-bond acceptors (Lipinski definition) is 5. The minimum absolute atomic E-state index is 0.0383. The van der Waals surface area contributed by atoms with E-state index in [1.54, 1.807) is 35.2 Å². The fraction of sp³-hybridized carbons (Fsp3) is 0.588. The van der Waals surface area contributed by atoms with E-state index < -0.39 is 10.0 Å². The van der Waals surface area contributed by atoms with Gasteiger partial charge in [-0.05, 0) is 24.3 Å². The molecule has 1 saturated heterocycles. The molecular weight excluding hydrogens is 391 g/mol. The molecule has 0 amide bonds. The molecule has 10 heteroatoms. The number of nitrogens with zero attached hydrogens (tertiary/aromatic N) is 3. The van der Waals surface area contributed by atoms with Gasteiger partial charge < -0.3 is 15.0 Å². The Morgan fingerprint density at radius 3 is 2.63 bits per heavy atom. The molecule has 0 bridgehead atoms. The third kappa shape index (κ3) is 7.19. The zero-order valence-corrected chi connectivity index (χ0v) is 17.4. The number of aliphatic imine (C=N–C) groups is 1. The van der Waals surface area contributed by atoms with Crippen molar-refractivity contribution in [3.05, 3.63) is 30.1 Å². The molecule has 2 rings (SSSR count). The molecule has 1 heterocycles. The number of halogens is 1. The van der Waals surface area contributed by atoms with E-state index in [1.807, 2.05) is 11.9 Å². The second-order valence-electron chi connectivity index (χ2n) is 6.03. The summed E-state index contributed by atoms with van der Waals surface area (Å²) in [4.78, 5) is 6.03. The number of ether oxygens (including phenoxy) is 1. The van der Waals surface area contributed by atoms with Crippen molar-refractivity contribution in [1.82, 2.24) is 14.5 Å². The highest BCUT2D eigenvalue weighted by Gasteiger charge is 2.23. The van der Waals surface area contributed by atoms with Crippen molar-refractivity contribution in [3.8, 4) is 5.75 Å². The van der Waals surface area contributed by atoms with Crippen molar-refractivity contribution in [2.75, 3.05) is 64.1 Å². The van der Waals surface area contributed by atoms with Gasteiger partial charge in [0, 0.05) is 45.2 Å². The van der Waals surface area contributed by atoms with Crippen LogP contribution < -0.4 is 10.1 Å². The van der Waals surface area contributed by atoms with Crippen LogP contribution in [0.2, 0.25) is 0 Å². The number of sulfonamides is 1. The van der Waals surface area contributed by atoms with Gasteiger partial charge in [0.2, 0.25) is 10.0 Å². The largest absolute Gasteiger partial charge is 0.492 e. The van der Waals surface area contributed by atoms with Crippen LogP contribution in [0.15, 0.2) is 29.3 Å². The molecule has 0 unspecified atom stereocenters. The van der Waals surface area contributed by atoms with E-state index in [9.17, 15) is 12.8 Å². The van der Waals surface area contributed by atoms with Crippen LogP contribution in [0.25, 0.3) is 0 Å². The molecule has 1 N–H and O–H groups in total. The van der Waals surface area contributed by atoms with Crippen molar-refractivity contribution in [1.29, 1.82) is 0 Å². The van der Waals surface area contributed by atoms with E-state index in [4.69, 9.17) is 4.74 Å². The molecular formula is C17H27FN4O3S2. The topological polar surface area (TPSA) is 74.2 Å². The first-order valence-electron chi connectivity index (χ1n) is 8.78. The lowest BCUT2D eigenvalue weighted by Gasteiger charge is -2.26. The van der Waals surface area contributed by atoms with Gasteiger partial charge in [-0.3, -0.25) is 4.99 Å². The van der Waals surface area contributed by atoms with Crippen molar-refractivity contribution >= 4 is 27.7 Å². The van der Waals surface area contributed by atoms with Gasteiger partial charge in [-0.25, -0.2) is 17.1 Å². The Kier molecular flexibility index (Phi) is 8.65. The summed E-state index contributed by atoms with van der Waals surface area (Å²) in [5.74, 6) is 2.63. The molecule has 1 aromatic carbocycles. The van der Waals surface area contributed by atoms with Crippen LogP contribution in [0.4, 0.5) is 4.39 Å². The fourth-order valence-corrected chi connectivity index (χ4v) is 5.06. The van der Waals surface area contributed by atoms with E-state index in [1.165, 1.54) is 12.1 Å². The molecule has 0 saturated carbocycles. The van der Waals surface area contributed by atoms with Crippen LogP contribution in [0, 0.1) is 5.82 Å². The summed E-state index contributed by atoms with van der Waals surface area (Å²) in [6, 6.07) is 5.85. The molecule has 0 spiro atoms. The molecule has 0 aromatic heterocycles. The predicted octanol–water partition coefficient (Wildman–Crippen LogP) is 1.09. The Labute approximate surface area is 165 Å². The van der Waals surface area contributed by atoms with Crippen molar-refractivity contribution < 1.29 is 17.5 Å². The normalized spacial score (nSPS) is 16.2. The van der Waals surface area contributed by atoms with Gasteiger partial charge in [-0.2, -0.15) is 11.8 Å². The Morgan fingerprint density at radius 2 is 2.00 bits per heavy atom. The second-order valence-corrected chi connectivity index (χ2v) is 9.34. The van der Waals surface area contributed by atoms with Gasteiger partial charge in [0.05, 0.1) is 12.3 Å². The van der Waals surface area contributed by atoms with Crippen molar-refractivity contribution in [2.45, 2.75) is 0 Å². The van der Waals surface area contributed by atoms with Crippen molar-refractivity contribution in [3.63, 3.8) is 0 Å². The van der Waals surface area contributed by atoms with Crippen LogP contribution in [0.5, 0.6) is 5.75 Å². The Balaban J connectivity index is 1.72. The highest BCUT2D eigenvalue weighted by molar-refractivity contribution is 7.99. The Bertz CT molecular complexity index is 707. The van der Waals surface area contributed by atoms with Crippen LogP contribution in [-0.4, -0.2) is 87.7 Å². The summed E-state index contributed by atoms with van der Waals surface area (Å²) in [6.45, 7) is 2.41. The average molecular weight is 419 g/mol.